The van der Waals surface area contributed by atoms with Crippen LogP contribution < -0.4 is 5.56 Å². The van der Waals surface area contributed by atoms with E-state index in [0.717, 1.165) is 54.5 Å². The second-order valence-electron chi connectivity index (χ2n) is 8.08. The zero-order valence-electron chi connectivity index (χ0n) is 16.7. The van der Waals surface area contributed by atoms with Crippen molar-refractivity contribution >= 4 is 29.3 Å². The smallest absolute Gasteiger partial charge is 0.345 e. The maximum Gasteiger partial charge on any atom is 0.345 e. The Morgan fingerprint density at radius 1 is 1.17 bits per heavy atom. The summed E-state index contributed by atoms with van der Waals surface area (Å²) in [5.41, 5.74) is 4.07. The van der Waals surface area contributed by atoms with Crippen LogP contribution in [0.3, 0.4) is 0 Å². The highest BCUT2D eigenvalue weighted by atomic mass is 35.5. The molecule has 0 amide bonds. The van der Waals surface area contributed by atoms with Crippen molar-refractivity contribution in [2.24, 2.45) is 7.05 Å². The van der Waals surface area contributed by atoms with E-state index in [2.05, 4.69) is 39.7 Å². The molecule has 2 aliphatic rings. The van der Waals surface area contributed by atoms with Gasteiger partial charge in [-0.15, -0.1) is 12.4 Å². The summed E-state index contributed by atoms with van der Waals surface area (Å²) < 4.78 is 2.23. The molecule has 1 fully saturated rings. The molecule has 0 atom stereocenters. The number of carboxylic acids is 1. The fourth-order valence-corrected chi connectivity index (χ4v) is 4.60. The monoisotopic (exact) mass is 429 g/mol. The van der Waals surface area contributed by atoms with Gasteiger partial charge in [0.2, 0.25) is 0 Å². The first-order chi connectivity index (χ1) is 13.9. The van der Waals surface area contributed by atoms with Gasteiger partial charge >= 0.3 is 5.97 Å². The Kier molecular flexibility index (Phi) is 5.11. The molecule has 5 rings (SSSR count). The molecule has 2 aromatic heterocycles. The maximum atomic E-state index is 12.4. The molecule has 3 aromatic rings. The third kappa shape index (κ3) is 3.09. The molecule has 1 saturated heterocycles. The lowest BCUT2D eigenvalue weighted by atomic mass is 9.98. The van der Waals surface area contributed by atoms with Gasteiger partial charge in [0.05, 0.1) is 5.69 Å². The van der Waals surface area contributed by atoms with E-state index >= 15 is 0 Å². The number of aromatic amines is 1. The van der Waals surface area contributed by atoms with Crippen molar-refractivity contribution in [1.29, 1.82) is 0 Å². The van der Waals surface area contributed by atoms with Crippen molar-refractivity contribution < 1.29 is 15.0 Å². The van der Waals surface area contributed by atoms with Crippen LogP contribution in [-0.2, 0) is 26.4 Å². The van der Waals surface area contributed by atoms with E-state index in [1.807, 2.05) is 0 Å². The number of aromatic hydroxyl groups is 1. The number of nitrogens with one attached hydrogen (secondary N) is 1. The van der Waals surface area contributed by atoms with Crippen molar-refractivity contribution in [2.75, 3.05) is 13.1 Å². The molecule has 0 radical (unpaired) electrons. The van der Waals surface area contributed by atoms with Gasteiger partial charge in [-0.1, -0.05) is 0 Å². The Bertz CT molecular complexity index is 1220. The molecule has 0 unspecified atom stereocenters. The molecule has 1 aromatic carbocycles. The minimum Gasteiger partial charge on any atom is -0.506 e. The number of benzene rings is 1. The Morgan fingerprint density at radius 3 is 2.60 bits per heavy atom. The van der Waals surface area contributed by atoms with Gasteiger partial charge in [0.25, 0.3) is 5.56 Å². The van der Waals surface area contributed by atoms with E-state index in [1.165, 1.54) is 12.1 Å². The zero-order chi connectivity index (χ0) is 20.3. The van der Waals surface area contributed by atoms with Crippen molar-refractivity contribution in [3.63, 3.8) is 0 Å². The third-order valence-corrected chi connectivity index (χ3v) is 6.35. The minimum atomic E-state index is -1.41. The van der Waals surface area contributed by atoms with E-state index in [9.17, 15) is 19.8 Å². The molecule has 8 heteroatoms. The third-order valence-electron chi connectivity index (χ3n) is 6.35. The summed E-state index contributed by atoms with van der Waals surface area (Å²) in [4.78, 5) is 28.9. The van der Waals surface area contributed by atoms with Gasteiger partial charge in [-0.25, -0.2) is 4.79 Å². The van der Waals surface area contributed by atoms with Crippen LogP contribution in [0.25, 0.3) is 22.2 Å². The number of carbonyl (C=O) groups is 1. The number of pyridine rings is 1. The number of hydrogen-bond acceptors (Lipinski definition) is 4. The predicted molar refractivity (Wildman–Crippen MR) is 117 cm³/mol. The van der Waals surface area contributed by atoms with E-state index in [1.54, 1.807) is 0 Å². The van der Waals surface area contributed by atoms with Gasteiger partial charge in [0.1, 0.15) is 5.75 Å². The molecular formula is C22H24ClN3O4. The lowest BCUT2D eigenvalue weighted by molar-refractivity contribution is 0.0691. The summed E-state index contributed by atoms with van der Waals surface area (Å²) in [7, 11) is 2.08. The maximum absolute atomic E-state index is 12.4. The first-order valence-corrected chi connectivity index (χ1v) is 9.99. The molecule has 1 aliphatic carbocycles. The molecule has 1 aliphatic heterocycles. The van der Waals surface area contributed by atoms with Gasteiger partial charge in [0.15, 0.2) is 5.56 Å². The number of fused-ring (bicyclic) bond motifs is 4. The Labute approximate surface area is 179 Å². The summed E-state index contributed by atoms with van der Waals surface area (Å²) >= 11 is 0. The van der Waals surface area contributed by atoms with E-state index < -0.39 is 22.8 Å². The first-order valence-electron chi connectivity index (χ1n) is 9.99. The Hall–Kier alpha value is -2.77. The van der Waals surface area contributed by atoms with Crippen LogP contribution in [0.4, 0.5) is 0 Å². The van der Waals surface area contributed by atoms with Gasteiger partial charge in [0, 0.05) is 41.3 Å². The molecule has 0 saturated carbocycles. The molecular weight excluding hydrogens is 406 g/mol. The van der Waals surface area contributed by atoms with Crippen molar-refractivity contribution in [3.8, 4) is 17.0 Å². The van der Waals surface area contributed by atoms with Crippen molar-refractivity contribution in [1.82, 2.24) is 14.5 Å². The van der Waals surface area contributed by atoms with Crippen LogP contribution >= 0.6 is 12.4 Å². The summed E-state index contributed by atoms with van der Waals surface area (Å²) in [6, 6.07) is 6.41. The van der Waals surface area contributed by atoms with Crippen LogP contribution in [0, 0.1) is 0 Å². The fraction of sp³-hybridized carbons (Fsp3) is 0.364. The molecule has 158 valence electrons. The quantitative estimate of drug-likeness (QED) is 0.594. The first kappa shape index (κ1) is 20.5. The molecule has 3 heterocycles. The molecule has 7 nitrogen and oxygen atoms in total. The zero-order valence-corrected chi connectivity index (χ0v) is 17.5. The highest BCUT2D eigenvalue weighted by Crippen LogP contribution is 2.38. The van der Waals surface area contributed by atoms with Crippen LogP contribution in [-0.4, -0.2) is 43.7 Å². The number of aryl methyl sites for hydroxylation is 2. The average Bonchev–Trinajstić information content (AvgIpc) is 2.82. The van der Waals surface area contributed by atoms with E-state index in [0.29, 0.717) is 17.7 Å². The number of halogens is 1. The van der Waals surface area contributed by atoms with Crippen LogP contribution in [0.2, 0.25) is 0 Å². The topological polar surface area (TPSA) is 98.6 Å². The summed E-state index contributed by atoms with van der Waals surface area (Å²) in [5.74, 6) is -1.82. The largest absolute Gasteiger partial charge is 0.506 e. The van der Waals surface area contributed by atoms with E-state index in [-0.39, 0.29) is 12.4 Å². The van der Waals surface area contributed by atoms with Gasteiger partial charge < -0.3 is 19.8 Å². The minimum absolute atomic E-state index is 0. The standard InChI is InChI=1S/C22H23N3O4.ClH/c1-24-14(11-25-6-3-7-25)8-13-9-16-12(10-17(13)24)4-2-5-15-19(16)23-21(27)18(20(15)26)22(28)29;/h8-10H,2-7,11H2,1H3,(H,28,29)(H2,23,26,27);1H. The Balaban J connectivity index is 0.00000218. The normalized spacial score (nSPS) is 15.6. The molecule has 30 heavy (non-hydrogen) atoms. The summed E-state index contributed by atoms with van der Waals surface area (Å²) in [6.45, 7) is 3.20. The molecule has 0 bridgehead atoms. The predicted octanol–water partition coefficient (Wildman–Crippen LogP) is 3.05. The number of H-pyrrole nitrogens is 1. The second kappa shape index (κ2) is 7.49. The number of likely N-dealkylation sites (tertiary alicyclic amines) is 1. The average molecular weight is 430 g/mol. The van der Waals surface area contributed by atoms with Crippen LogP contribution in [0.1, 0.15) is 40.0 Å². The number of hydrogen-bond donors (Lipinski definition) is 3. The van der Waals surface area contributed by atoms with Crippen LogP contribution in [0.5, 0.6) is 5.75 Å². The highest BCUT2D eigenvalue weighted by molar-refractivity contribution is 5.93. The highest BCUT2D eigenvalue weighted by Gasteiger charge is 2.26. The van der Waals surface area contributed by atoms with E-state index in [4.69, 9.17) is 0 Å². The molecule has 3 N–H and O–H groups in total. The van der Waals surface area contributed by atoms with Crippen LogP contribution in [0.15, 0.2) is 23.0 Å². The summed E-state index contributed by atoms with van der Waals surface area (Å²) in [5, 5.41) is 20.9. The fourth-order valence-electron chi connectivity index (χ4n) is 4.60. The van der Waals surface area contributed by atoms with Gasteiger partial charge in [-0.05, 0) is 62.5 Å². The Morgan fingerprint density at radius 2 is 1.93 bits per heavy atom. The second-order valence-corrected chi connectivity index (χ2v) is 8.08. The molecule has 0 spiro atoms. The lowest BCUT2D eigenvalue weighted by Crippen LogP contribution is -2.36. The van der Waals surface area contributed by atoms with Gasteiger partial charge in [-0.2, -0.15) is 0 Å². The lowest BCUT2D eigenvalue weighted by Gasteiger charge is -2.30. The van der Waals surface area contributed by atoms with Crippen molar-refractivity contribution in [3.05, 3.63) is 50.9 Å². The SMILES string of the molecule is Cl.Cn1c(CN2CCC2)cc2cc3c(cc21)CCCc1c-3[nH]c(=O)c(C(=O)O)c1O. The summed E-state index contributed by atoms with van der Waals surface area (Å²) in [6.07, 6.45) is 3.35. The number of rotatable bonds is 3. The number of nitrogens with zero attached hydrogens (tertiary/aromatic N) is 2. The number of aromatic nitrogens is 2. The van der Waals surface area contributed by atoms with Gasteiger partial charge in [-0.3, -0.25) is 9.69 Å². The van der Waals surface area contributed by atoms with Crippen molar-refractivity contribution in [2.45, 2.75) is 32.2 Å². The number of carboxylic acid groups (broad SMARTS) is 1. The number of aromatic carboxylic acids is 1.